The van der Waals surface area contributed by atoms with Gasteiger partial charge in [-0.1, -0.05) is 6.42 Å². The summed E-state index contributed by atoms with van der Waals surface area (Å²) >= 11 is 1.93. The maximum absolute atomic E-state index is 12.2. The fraction of sp³-hybridized carbons (Fsp3) is 0.923. The van der Waals surface area contributed by atoms with Crippen molar-refractivity contribution in [1.29, 1.82) is 0 Å². The normalized spacial score (nSPS) is 37.8. The van der Waals surface area contributed by atoms with Gasteiger partial charge in [0.25, 0.3) is 0 Å². The van der Waals surface area contributed by atoms with Gasteiger partial charge in [0.1, 0.15) is 0 Å². The number of hydrogen-bond acceptors (Lipinski definition) is 3. The molecule has 1 saturated carbocycles. The van der Waals surface area contributed by atoms with Crippen LogP contribution in [0.4, 0.5) is 0 Å². The molecular weight excluding hydrogens is 232 g/mol. The van der Waals surface area contributed by atoms with Crippen LogP contribution in [0.3, 0.4) is 0 Å². The molecule has 0 radical (unpaired) electrons. The predicted octanol–water partition coefficient (Wildman–Crippen LogP) is 1.53. The summed E-state index contributed by atoms with van der Waals surface area (Å²) in [6, 6.07) is 1.08. The van der Waals surface area contributed by atoms with Gasteiger partial charge in [-0.05, 0) is 38.4 Å². The van der Waals surface area contributed by atoms with E-state index < -0.39 is 0 Å². The molecule has 3 fully saturated rings. The molecule has 2 bridgehead atoms. The lowest BCUT2D eigenvalue weighted by atomic mass is 9.83. The molecule has 17 heavy (non-hydrogen) atoms. The van der Waals surface area contributed by atoms with Gasteiger partial charge in [0.15, 0.2) is 0 Å². The topological polar surface area (TPSA) is 41.1 Å². The van der Waals surface area contributed by atoms with E-state index >= 15 is 0 Å². The second-order valence-corrected chi connectivity index (χ2v) is 7.12. The van der Waals surface area contributed by atoms with Gasteiger partial charge in [-0.3, -0.25) is 4.79 Å². The quantitative estimate of drug-likeness (QED) is 0.799. The number of amides is 1. The summed E-state index contributed by atoms with van der Waals surface area (Å²) in [7, 11) is 0. The molecular formula is C13H22N2OS. The van der Waals surface area contributed by atoms with Crippen molar-refractivity contribution in [3.63, 3.8) is 0 Å². The first-order valence-corrected chi connectivity index (χ1v) is 8.04. The smallest absolute Gasteiger partial charge is 0.224 e. The van der Waals surface area contributed by atoms with Crippen LogP contribution in [-0.4, -0.2) is 35.5 Å². The predicted molar refractivity (Wildman–Crippen MR) is 71.2 cm³/mol. The molecule has 2 N–H and O–H groups in total. The Morgan fingerprint density at radius 3 is 2.76 bits per heavy atom. The van der Waals surface area contributed by atoms with E-state index in [2.05, 4.69) is 16.9 Å². The molecule has 2 saturated heterocycles. The molecule has 0 aromatic carbocycles. The van der Waals surface area contributed by atoms with E-state index in [4.69, 9.17) is 0 Å². The molecule has 2 aliphatic heterocycles. The van der Waals surface area contributed by atoms with Crippen LogP contribution in [-0.2, 0) is 4.79 Å². The molecule has 3 aliphatic rings. The van der Waals surface area contributed by atoms with Gasteiger partial charge in [0.05, 0.1) is 5.92 Å². The van der Waals surface area contributed by atoms with Gasteiger partial charge in [0, 0.05) is 23.4 Å². The zero-order chi connectivity index (χ0) is 11.9. The standard InChI is InChI=1S/C13H22N2OS/c1-17-13(5-2-6-13)8-14-12(16)10-7-9-3-4-11(10)15-9/h9-11,15H,2-8H2,1H3,(H,14,16). The lowest BCUT2D eigenvalue weighted by Gasteiger charge is -2.40. The molecule has 1 amide bonds. The lowest BCUT2D eigenvalue weighted by Crippen LogP contribution is -2.48. The zero-order valence-electron chi connectivity index (χ0n) is 10.5. The van der Waals surface area contributed by atoms with Gasteiger partial charge in [-0.15, -0.1) is 0 Å². The minimum Gasteiger partial charge on any atom is -0.354 e. The van der Waals surface area contributed by atoms with Crippen LogP contribution in [0.15, 0.2) is 0 Å². The summed E-state index contributed by atoms with van der Waals surface area (Å²) < 4.78 is 0.362. The van der Waals surface area contributed by atoms with Crippen LogP contribution >= 0.6 is 11.8 Å². The summed E-state index contributed by atoms with van der Waals surface area (Å²) in [5.41, 5.74) is 0. The molecule has 0 aromatic rings. The molecule has 3 rings (SSSR count). The number of fused-ring (bicyclic) bond motifs is 2. The van der Waals surface area contributed by atoms with E-state index in [1.165, 1.54) is 32.1 Å². The second kappa shape index (κ2) is 4.47. The fourth-order valence-electron chi connectivity index (χ4n) is 3.52. The Morgan fingerprint density at radius 2 is 2.29 bits per heavy atom. The highest BCUT2D eigenvalue weighted by Gasteiger charge is 2.43. The van der Waals surface area contributed by atoms with Crippen molar-refractivity contribution < 1.29 is 4.79 Å². The highest BCUT2D eigenvalue weighted by atomic mass is 32.2. The molecule has 0 aromatic heterocycles. The second-order valence-electron chi connectivity index (χ2n) is 5.85. The van der Waals surface area contributed by atoms with Crippen LogP contribution < -0.4 is 10.6 Å². The Kier molecular flexibility index (Phi) is 3.11. The number of carbonyl (C=O) groups excluding carboxylic acids is 1. The molecule has 1 aliphatic carbocycles. The van der Waals surface area contributed by atoms with E-state index in [9.17, 15) is 4.79 Å². The number of rotatable bonds is 4. The van der Waals surface area contributed by atoms with Gasteiger partial charge in [-0.2, -0.15) is 11.8 Å². The fourth-order valence-corrected chi connectivity index (χ4v) is 4.43. The lowest BCUT2D eigenvalue weighted by molar-refractivity contribution is -0.125. The Morgan fingerprint density at radius 1 is 1.47 bits per heavy atom. The van der Waals surface area contributed by atoms with Gasteiger partial charge < -0.3 is 10.6 Å². The van der Waals surface area contributed by atoms with Crippen molar-refractivity contribution in [2.75, 3.05) is 12.8 Å². The minimum absolute atomic E-state index is 0.243. The summed E-state index contributed by atoms with van der Waals surface area (Å²) in [6.07, 6.45) is 9.55. The van der Waals surface area contributed by atoms with Gasteiger partial charge >= 0.3 is 0 Å². The molecule has 96 valence electrons. The number of nitrogens with one attached hydrogen (secondary N) is 2. The minimum atomic E-state index is 0.243. The van der Waals surface area contributed by atoms with Gasteiger partial charge in [-0.25, -0.2) is 0 Å². The van der Waals surface area contributed by atoms with Gasteiger partial charge in [0.2, 0.25) is 5.91 Å². The summed E-state index contributed by atoms with van der Waals surface area (Å²) in [5, 5.41) is 6.74. The van der Waals surface area contributed by atoms with E-state index in [0.29, 0.717) is 22.7 Å². The summed E-state index contributed by atoms with van der Waals surface area (Å²) in [4.78, 5) is 12.2. The van der Waals surface area contributed by atoms with Crippen LogP contribution in [0.1, 0.15) is 38.5 Å². The number of carbonyl (C=O) groups is 1. The van der Waals surface area contributed by atoms with Crippen LogP contribution in [0.5, 0.6) is 0 Å². The van der Waals surface area contributed by atoms with Crippen molar-refractivity contribution >= 4 is 17.7 Å². The Balaban J connectivity index is 1.50. The first-order valence-electron chi connectivity index (χ1n) is 6.81. The van der Waals surface area contributed by atoms with Crippen molar-refractivity contribution in [1.82, 2.24) is 10.6 Å². The number of thioether (sulfide) groups is 1. The average Bonchev–Trinajstić information content (AvgIpc) is 2.89. The van der Waals surface area contributed by atoms with E-state index in [0.717, 1.165) is 13.0 Å². The SMILES string of the molecule is CSC1(CNC(=O)C2CC3CCC2N3)CCC1. The Labute approximate surface area is 107 Å². The molecule has 4 heteroatoms. The average molecular weight is 254 g/mol. The molecule has 3 unspecified atom stereocenters. The van der Waals surface area contributed by atoms with E-state index in [1.54, 1.807) is 0 Å². The first-order chi connectivity index (χ1) is 8.22. The third kappa shape index (κ3) is 2.10. The third-order valence-corrected chi connectivity index (χ3v) is 6.34. The molecule has 3 atom stereocenters. The monoisotopic (exact) mass is 254 g/mol. The van der Waals surface area contributed by atoms with Crippen LogP contribution in [0.25, 0.3) is 0 Å². The van der Waals surface area contributed by atoms with Crippen LogP contribution in [0.2, 0.25) is 0 Å². The zero-order valence-corrected chi connectivity index (χ0v) is 11.3. The molecule has 0 spiro atoms. The largest absolute Gasteiger partial charge is 0.354 e. The first kappa shape index (κ1) is 11.8. The van der Waals surface area contributed by atoms with Crippen molar-refractivity contribution in [2.45, 2.75) is 55.4 Å². The molecule has 3 nitrogen and oxygen atoms in total. The van der Waals surface area contributed by atoms with E-state index in [1.807, 2.05) is 11.8 Å². The highest BCUT2D eigenvalue weighted by molar-refractivity contribution is 8.00. The summed E-state index contributed by atoms with van der Waals surface area (Å²) in [5.74, 6) is 0.540. The highest BCUT2D eigenvalue weighted by Crippen LogP contribution is 2.42. The van der Waals surface area contributed by atoms with E-state index in [-0.39, 0.29) is 5.92 Å². The Bertz CT molecular complexity index is 311. The Hall–Kier alpha value is -0.220. The maximum Gasteiger partial charge on any atom is 0.224 e. The van der Waals surface area contributed by atoms with Crippen LogP contribution in [0, 0.1) is 5.92 Å². The summed E-state index contributed by atoms with van der Waals surface area (Å²) in [6.45, 7) is 0.876. The van der Waals surface area contributed by atoms with Crippen molar-refractivity contribution in [3.05, 3.63) is 0 Å². The maximum atomic E-state index is 12.2. The van der Waals surface area contributed by atoms with Crippen molar-refractivity contribution in [2.24, 2.45) is 5.92 Å². The number of hydrogen-bond donors (Lipinski definition) is 2. The molecule has 2 heterocycles. The van der Waals surface area contributed by atoms with Crippen molar-refractivity contribution in [3.8, 4) is 0 Å². The third-order valence-electron chi connectivity index (χ3n) is 4.92.